The molecule has 7 heteroatoms. The van der Waals surface area contributed by atoms with E-state index in [4.69, 9.17) is 10.5 Å². The van der Waals surface area contributed by atoms with E-state index in [-0.39, 0.29) is 5.39 Å². The summed E-state index contributed by atoms with van der Waals surface area (Å²) in [7, 11) is 1.50. The van der Waals surface area contributed by atoms with Gasteiger partial charge >= 0.3 is 6.18 Å². The Morgan fingerprint density at radius 1 is 1.35 bits per heavy atom. The van der Waals surface area contributed by atoms with Crippen LogP contribution in [0.3, 0.4) is 0 Å². The van der Waals surface area contributed by atoms with Gasteiger partial charge in [0, 0.05) is 30.8 Å². The van der Waals surface area contributed by atoms with Crippen LogP contribution in [0.5, 0.6) is 0 Å². The normalized spacial score (nSPS) is 12.8. The van der Waals surface area contributed by atoms with Crippen molar-refractivity contribution in [1.82, 2.24) is 4.57 Å². The van der Waals surface area contributed by atoms with Gasteiger partial charge in [-0.05, 0) is 29.5 Å². The molecule has 0 aliphatic rings. The number of aromatic nitrogens is 1. The summed E-state index contributed by atoms with van der Waals surface area (Å²) in [5.41, 5.74) is 6.47. The average molecular weight is 364 g/mol. The number of methoxy groups -OCH3 is 1. The van der Waals surface area contributed by atoms with Gasteiger partial charge in [-0.2, -0.15) is 13.2 Å². The van der Waals surface area contributed by atoms with Crippen molar-refractivity contribution >= 4 is 22.3 Å². The van der Waals surface area contributed by atoms with E-state index >= 15 is 0 Å². The maximum absolute atomic E-state index is 13.1. The number of carbonyl (C=O) groups is 1. The molecule has 1 aromatic carbocycles. The van der Waals surface area contributed by atoms with E-state index in [2.05, 4.69) is 6.58 Å². The molecule has 0 unspecified atom stereocenters. The predicted molar refractivity (Wildman–Crippen MR) is 95.7 cm³/mol. The van der Waals surface area contributed by atoms with Crippen LogP contribution in [0.1, 0.15) is 15.9 Å². The van der Waals surface area contributed by atoms with Crippen LogP contribution >= 0.6 is 0 Å². The Hall–Kier alpha value is -2.80. The van der Waals surface area contributed by atoms with Gasteiger partial charge in [-0.1, -0.05) is 30.9 Å². The Labute approximate surface area is 149 Å². The number of hydrogen-bond donors (Lipinski definition) is 1. The molecule has 0 saturated carbocycles. The van der Waals surface area contributed by atoms with Crippen molar-refractivity contribution in [2.45, 2.75) is 12.7 Å². The zero-order valence-electron chi connectivity index (χ0n) is 14.2. The molecule has 0 fully saturated rings. The number of nitrogens with two attached hydrogens (primary N) is 1. The van der Waals surface area contributed by atoms with Gasteiger partial charge in [0.1, 0.15) is 0 Å². The van der Waals surface area contributed by atoms with Gasteiger partial charge in [0.15, 0.2) is 0 Å². The zero-order valence-corrected chi connectivity index (χ0v) is 14.2. The van der Waals surface area contributed by atoms with Crippen molar-refractivity contribution in [1.29, 1.82) is 0 Å². The quantitative estimate of drug-likeness (QED) is 0.595. The van der Waals surface area contributed by atoms with Gasteiger partial charge in [0.25, 0.3) is 5.78 Å². The molecule has 1 aromatic heterocycles. The minimum absolute atomic E-state index is 0.225. The lowest BCUT2D eigenvalue weighted by molar-refractivity contribution is -0.0884. The van der Waals surface area contributed by atoms with Crippen LogP contribution in [0.15, 0.2) is 55.4 Å². The second-order valence-electron chi connectivity index (χ2n) is 5.47. The van der Waals surface area contributed by atoms with Crippen molar-refractivity contribution in [3.63, 3.8) is 0 Å². The third kappa shape index (κ3) is 3.88. The standard InChI is InChI=1S/C19H19F3N2O2/c1-3-13(6-5-9-23)14-7-4-8-16-17(14)15(18(25)19(20,21)22)12-24(16)10-11-26-2/h3-9,12H,1,10-11,23H2,2H3/b9-5-,13-6+. The molecular weight excluding hydrogens is 345 g/mol. The van der Waals surface area contributed by atoms with Crippen molar-refractivity contribution < 1.29 is 22.7 Å². The van der Waals surface area contributed by atoms with E-state index in [1.807, 2.05) is 0 Å². The van der Waals surface area contributed by atoms with Gasteiger partial charge in [-0.3, -0.25) is 4.79 Å². The van der Waals surface area contributed by atoms with Gasteiger partial charge in [0.2, 0.25) is 0 Å². The largest absolute Gasteiger partial charge is 0.454 e. The lowest BCUT2D eigenvalue weighted by Gasteiger charge is -2.09. The van der Waals surface area contributed by atoms with Gasteiger partial charge in [-0.15, -0.1) is 0 Å². The molecule has 0 bridgehead atoms. The molecule has 2 aromatic rings. The van der Waals surface area contributed by atoms with Gasteiger partial charge in [-0.25, -0.2) is 0 Å². The van der Waals surface area contributed by atoms with E-state index < -0.39 is 17.5 Å². The SMILES string of the molecule is C=C/C(=C\C=C/N)c1cccc2c1c(C(=O)C(F)(F)F)cn2CCOC. The summed E-state index contributed by atoms with van der Waals surface area (Å²) in [4.78, 5) is 12.0. The maximum atomic E-state index is 13.1. The lowest BCUT2D eigenvalue weighted by Crippen LogP contribution is -2.22. The second-order valence-corrected chi connectivity index (χ2v) is 5.47. The molecule has 0 radical (unpaired) electrons. The number of carbonyl (C=O) groups excluding carboxylic acids is 1. The van der Waals surface area contributed by atoms with E-state index in [0.29, 0.717) is 29.8 Å². The van der Waals surface area contributed by atoms with Crippen LogP contribution in [0.2, 0.25) is 0 Å². The highest BCUT2D eigenvalue weighted by molar-refractivity contribution is 6.14. The van der Waals surface area contributed by atoms with Crippen LogP contribution < -0.4 is 5.73 Å². The second kappa shape index (κ2) is 8.05. The van der Waals surface area contributed by atoms with Crippen molar-refractivity contribution in [3.8, 4) is 0 Å². The van der Waals surface area contributed by atoms with E-state index in [9.17, 15) is 18.0 Å². The monoisotopic (exact) mass is 364 g/mol. The first-order chi connectivity index (χ1) is 12.3. The number of allylic oxidation sites excluding steroid dienone is 4. The zero-order chi connectivity index (χ0) is 19.3. The van der Waals surface area contributed by atoms with Crippen LogP contribution in [-0.4, -0.2) is 30.2 Å². The topological polar surface area (TPSA) is 57.2 Å². The molecule has 0 atom stereocenters. The molecule has 0 aliphatic heterocycles. The van der Waals surface area contributed by atoms with E-state index in [1.165, 1.54) is 25.6 Å². The summed E-state index contributed by atoms with van der Waals surface area (Å²) in [5.74, 6) is -1.89. The highest BCUT2D eigenvalue weighted by atomic mass is 19.4. The van der Waals surface area contributed by atoms with Crippen LogP contribution in [0.4, 0.5) is 13.2 Å². The Bertz CT molecular complexity index is 877. The van der Waals surface area contributed by atoms with E-state index in [1.54, 1.807) is 34.9 Å². The summed E-state index contributed by atoms with van der Waals surface area (Å²) >= 11 is 0. The van der Waals surface area contributed by atoms with Gasteiger partial charge < -0.3 is 15.0 Å². The number of fused-ring (bicyclic) bond motifs is 1. The third-order valence-electron chi connectivity index (χ3n) is 3.86. The fourth-order valence-electron chi connectivity index (χ4n) is 2.72. The first kappa shape index (κ1) is 19.5. The van der Waals surface area contributed by atoms with E-state index in [0.717, 1.165) is 0 Å². The lowest BCUT2D eigenvalue weighted by atomic mass is 9.97. The summed E-state index contributed by atoms with van der Waals surface area (Å²) in [6.07, 6.45) is 2.22. The number of Topliss-reactive ketones (excluding diaryl/α,β-unsaturated/α-hetero) is 1. The minimum atomic E-state index is -4.97. The molecule has 2 rings (SSSR count). The van der Waals surface area contributed by atoms with Crippen molar-refractivity contribution in [2.75, 3.05) is 13.7 Å². The van der Waals surface area contributed by atoms with Crippen LogP contribution in [-0.2, 0) is 11.3 Å². The van der Waals surface area contributed by atoms with Crippen molar-refractivity contribution in [2.24, 2.45) is 5.73 Å². The number of nitrogens with zero attached hydrogens (tertiary/aromatic N) is 1. The fourth-order valence-corrected chi connectivity index (χ4v) is 2.72. The van der Waals surface area contributed by atoms with Crippen LogP contribution in [0.25, 0.3) is 16.5 Å². The number of hydrogen-bond acceptors (Lipinski definition) is 3. The molecule has 0 aliphatic carbocycles. The summed E-state index contributed by atoms with van der Waals surface area (Å²) in [6, 6.07) is 5.03. The van der Waals surface area contributed by atoms with Gasteiger partial charge in [0.05, 0.1) is 12.2 Å². The Balaban J connectivity index is 2.80. The predicted octanol–water partition coefficient (Wildman–Crippen LogP) is 4.07. The molecule has 2 N–H and O–H groups in total. The number of ketones is 1. The highest BCUT2D eigenvalue weighted by Gasteiger charge is 2.41. The summed E-state index contributed by atoms with van der Waals surface area (Å²) in [5, 5.41) is 0.225. The Morgan fingerprint density at radius 3 is 2.65 bits per heavy atom. The smallest absolute Gasteiger partial charge is 0.405 e. The Kier molecular flexibility index (Phi) is 6.05. The highest BCUT2D eigenvalue weighted by Crippen LogP contribution is 2.34. The van der Waals surface area contributed by atoms with Crippen LogP contribution in [0, 0.1) is 0 Å². The third-order valence-corrected chi connectivity index (χ3v) is 3.86. The Morgan fingerprint density at radius 2 is 2.08 bits per heavy atom. The molecule has 26 heavy (non-hydrogen) atoms. The number of ether oxygens (including phenoxy) is 1. The molecule has 1 heterocycles. The summed E-state index contributed by atoms with van der Waals surface area (Å²) < 4.78 is 45.9. The molecule has 0 saturated heterocycles. The van der Waals surface area contributed by atoms with Crippen molar-refractivity contribution in [3.05, 3.63) is 66.5 Å². The maximum Gasteiger partial charge on any atom is 0.454 e. The number of benzene rings is 1. The first-order valence-corrected chi connectivity index (χ1v) is 7.78. The molecule has 138 valence electrons. The fraction of sp³-hybridized carbons (Fsp3) is 0.211. The first-order valence-electron chi connectivity index (χ1n) is 7.78. The molecule has 4 nitrogen and oxygen atoms in total. The molecule has 0 amide bonds. The molecular formula is C19H19F3N2O2. The number of rotatable bonds is 7. The average Bonchev–Trinajstić information content (AvgIpc) is 2.98. The molecule has 0 spiro atoms. The summed E-state index contributed by atoms with van der Waals surface area (Å²) in [6.45, 7) is 4.32. The minimum Gasteiger partial charge on any atom is -0.405 e. The number of halogens is 3. The number of alkyl halides is 3.